The van der Waals surface area contributed by atoms with Crippen LogP contribution in [0.15, 0.2) is 47.5 Å². The summed E-state index contributed by atoms with van der Waals surface area (Å²) in [6.45, 7) is 7.81. The molecule has 1 aromatic carbocycles. The average molecular weight is 479 g/mol. The maximum Gasteiger partial charge on any atom is 0.265 e. The van der Waals surface area contributed by atoms with E-state index < -0.39 is 9.84 Å². The molecule has 1 N–H and O–H groups in total. The van der Waals surface area contributed by atoms with Crippen LogP contribution in [0, 0.1) is 6.92 Å². The predicted octanol–water partition coefficient (Wildman–Crippen LogP) is 5.61. The van der Waals surface area contributed by atoms with Gasteiger partial charge in [0.2, 0.25) is 0 Å². The number of halogens is 1. The largest absolute Gasteiger partial charge is 0.487 e. The van der Waals surface area contributed by atoms with Gasteiger partial charge in [0.25, 0.3) is 5.91 Å². The molecule has 0 saturated heterocycles. The molecule has 0 fully saturated rings. The molecule has 9 heteroatoms. The lowest BCUT2D eigenvalue weighted by Gasteiger charge is -2.20. The summed E-state index contributed by atoms with van der Waals surface area (Å²) >= 11 is 7.35. The van der Waals surface area contributed by atoms with Crippen LogP contribution >= 0.6 is 22.9 Å². The Balaban J connectivity index is 1.82. The second kappa shape index (κ2) is 8.61. The Bertz CT molecular complexity index is 1230. The van der Waals surface area contributed by atoms with E-state index in [9.17, 15) is 13.2 Å². The number of hydrogen-bond donors (Lipinski definition) is 1. The number of thiophene rings is 1. The molecule has 3 aromatic rings. The highest BCUT2D eigenvalue weighted by molar-refractivity contribution is 7.90. The molecule has 164 valence electrons. The molecule has 0 aliphatic rings. The molecular formula is C22H23ClN2O4S2. The van der Waals surface area contributed by atoms with E-state index in [0.717, 1.165) is 22.4 Å². The molecule has 2 aromatic heterocycles. The Morgan fingerprint density at radius 2 is 1.87 bits per heavy atom. The highest BCUT2D eigenvalue weighted by Gasteiger charge is 2.17. The topological polar surface area (TPSA) is 85.4 Å². The van der Waals surface area contributed by atoms with Gasteiger partial charge in [0.05, 0.1) is 21.7 Å². The number of sulfone groups is 1. The zero-order valence-corrected chi connectivity index (χ0v) is 20.2. The van der Waals surface area contributed by atoms with Gasteiger partial charge in [0, 0.05) is 27.4 Å². The number of anilines is 1. The quantitative estimate of drug-likeness (QED) is 0.515. The fraction of sp³-hybridized carbons (Fsp3) is 0.273. The smallest absolute Gasteiger partial charge is 0.265 e. The normalized spacial score (nSPS) is 11.9. The fourth-order valence-corrected chi connectivity index (χ4v) is 4.75. The summed E-state index contributed by atoms with van der Waals surface area (Å²) in [5.41, 5.74) is 1.58. The van der Waals surface area contributed by atoms with Crippen LogP contribution in [0.1, 0.15) is 35.3 Å². The molecule has 0 spiro atoms. The van der Waals surface area contributed by atoms with Crippen molar-refractivity contribution in [3.8, 4) is 17.0 Å². The molecule has 0 aliphatic heterocycles. The van der Waals surface area contributed by atoms with Crippen LogP contribution in [0.2, 0.25) is 5.02 Å². The third kappa shape index (κ3) is 6.06. The molecule has 0 unspecified atom stereocenters. The van der Waals surface area contributed by atoms with Gasteiger partial charge in [0.15, 0.2) is 9.84 Å². The first kappa shape index (κ1) is 23.2. The number of benzene rings is 1. The minimum atomic E-state index is -3.45. The molecular weight excluding hydrogens is 456 g/mol. The van der Waals surface area contributed by atoms with Crippen LogP contribution in [0.5, 0.6) is 5.75 Å². The third-order valence-electron chi connectivity index (χ3n) is 4.14. The van der Waals surface area contributed by atoms with Gasteiger partial charge in [-0.25, -0.2) is 8.42 Å². The zero-order chi connectivity index (χ0) is 23.0. The Morgan fingerprint density at radius 1 is 1.16 bits per heavy atom. The average Bonchev–Trinajstić information content (AvgIpc) is 3.02. The van der Waals surface area contributed by atoms with Gasteiger partial charge in [-0.2, -0.15) is 0 Å². The minimum Gasteiger partial charge on any atom is -0.487 e. The van der Waals surface area contributed by atoms with Crippen molar-refractivity contribution in [1.82, 2.24) is 4.98 Å². The second-order valence-electron chi connectivity index (χ2n) is 8.08. The van der Waals surface area contributed by atoms with Crippen LogP contribution in [-0.2, 0) is 9.84 Å². The first-order chi connectivity index (χ1) is 14.3. The molecule has 0 saturated carbocycles. The highest BCUT2D eigenvalue weighted by atomic mass is 35.5. The number of hydrogen-bond acceptors (Lipinski definition) is 6. The Hall–Kier alpha value is -2.42. The van der Waals surface area contributed by atoms with E-state index >= 15 is 0 Å². The van der Waals surface area contributed by atoms with E-state index in [4.69, 9.17) is 16.3 Å². The summed E-state index contributed by atoms with van der Waals surface area (Å²) in [4.78, 5) is 18.7. The molecule has 0 radical (unpaired) electrons. The molecule has 2 heterocycles. The van der Waals surface area contributed by atoms with Crippen LogP contribution in [0.4, 0.5) is 5.69 Å². The molecule has 0 aliphatic carbocycles. The lowest BCUT2D eigenvalue weighted by atomic mass is 10.1. The monoisotopic (exact) mass is 478 g/mol. The fourth-order valence-electron chi connectivity index (χ4n) is 2.84. The molecule has 0 atom stereocenters. The van der Waals surface area contributed by atoms with Crippen molar-refractivity contribution in [2.24, 2.45) is 0 Å². The summed E-state index contributed by atoms with van der Waals surface area (Å²) in [6, 6.07) is 9.71. The van der Waals surface area contributed by atoms with E-state index in [1.807, 2.05) is 39.8 Å². The number of rotatable bonds is 5. The Kier molecular flexibility index (Phi) is 6.45. The maximum absolute atomic E-state index is 12.8. The molecule has 6 nitrogen and oxygen atoms in total. The van der Waals surface area contributed by atoms with Crippen molar-refractivity contribution in [3.63, 3.8) is 0 Å². The van der Waals surface area contributed by atoms with Crippen molar-refractivity contribution >= 4 is 44.4 Å². The number of carbonyl (C=O) groups is 1. The lowest BCUT2D eigenvalue weighted by Crippen LogP contribution is -2.22. The predicted molar refractivity (Wildman–Crippen MR) is 125 cm³/mol. The maximum atomic E-state index is 12.8. The zero-order valence-electron chi connectivity index (χ0n) is 17.8. The van der Waals surface area contributed by atoms with Gasteiger partial charge in [-0.3, -0.25) is 9.78 Å². The lowest BCUT2D eigenvalue weighted by molar-refractivity contribution is 0.103. The van der Waals surface area contributed by atoms with Crippen LogP contribution in [0.25, 0.3) is 11.3 Å². The van der Waals surface area contributed by atoms with Gasteiger partial charge >= 0.3 is 0 Å². The number of ether oxygens (including phenoxy) is 1. The van der Waals surface area contributed by atoms with Crippen molar-refractivity contribution in [3.05, 3.63) is 57.4 Å². The number of pyridine rings is 1. The van der Waals surface area contributed by atoms with Crippen LogP contribution < -0.4 is 10.1 Å². The van der Waals surface area contributed by atoms with Crippen molar-refractivity contribution < 1.29 is 17.9 Å². The number of nitrogens with zero attached hydrogens (tertiary/aromatic N) is 1. The molecule has 31 heavy (non-hydrogen) atoms. The SMILES string of the molecule is Cc1sc(C(=O)Nc2cc(Cl)cc(S(C)(=O)=O)c2)cc1-c1ccc(OC(C)(C)C)cn1. The van der Waals surface area contributed by atoms with E-state index in [0.29, 0.717) is 16.3 Å². The summed E-state index contributed by atoms with van der Waals surface area (Å²) in [6.07, 6.45) is 2.75. The summed E-state index contributed by atoms with van der Waals surface area (Å²) < 4.78 is 29.4. The van der Waals surface area contributed by atoms with Gasteiger partial charge < -0.3 is 10.1 Å². The first-order valence-electron chi connectivity index (χ1n) is 9.40. The Labute approximate surface area is 191 Å². The van der Waals surface area contributed by atoms with Crippen LogP contribution in [-0.4, -0.2) is 31.2 Å². The highest BCUT2D eigenvalue weighted by Crippen LogP contribution is 2.32. The van der Waals surface area contributed by atoms with Crippen molar-refractivity contribution in [1.29, 1.82) is 0 Å². The molecule has 3 rings (SSSR count). The summed E-state index contributed by atoms with van der Waals surface area (Å²) in [7, 11) is -3.45. The van der Waals surface area contributed by atoms with E-state index in [1.165, 1.54) is 29.5 Å². The van der Waals surface area contributed by atoms with E-state index in [2.05, 4.69) is 10.3 Å². The molecule has 1 amide bonds. The number of carbonyl (C=O) groups excluding carboxylic acids is 1. The van der Waals surface area contributed by atoms with Gasteiger partial charge in [-0.05, 0) is 64.1 Å². The summed E-state index contributed by atoms with van der Waals surface area (Å²) in [5, 5.41) is 2.95. The van der Waals surface area contributed by atoms with Gasteiger partial charge in [0.1, 0.15) is 11.4 Å². The standard InChI is InChI=1S/C22H23ClN2O4S2/c1-13-18(19-7-6-16(12-24-19)29-22(2,3)4)11-20(30-13)21(26)25-15-8-14(23)9-17(10-15)31(5,27)28/h6-12H,1-5H3,(H,25,26). The van der Waals surface area contributed by atoms with E-state index in [1.54, 1.807) is 12.3 Å². The first-order valence-corrected chi connectivity index (χ1v) is 12.5. The van der Waals surface area contributed by atoms with Crippen molar-refractivity contribution in [2.45, 2.75) is 38.2 Å². The number of amides is 1. The van der Waals surface area contributed by atoms with E-state index in [-0.39, 0.29) is 21.4 Å². The van der Waals surface area contributed by atoms with Gasteiger partial charge in [-0.1, -0.05) is 11.6 Å². The van der Waals surface area contributed by atoms with Crippen LogP contribution in [0.3, 0.4) is 0 Å². The Morgan fingerprint density at radius 3 is 2.45 bits per heavy atom. The third-order valence-corrected chi connectivity index (χ3v) is 6.49. The molecule has 0 bridgehead atoms. The number of nitrogens with one attached hydrogen (secondary N) is 1. The number of aromatic nitrogens is 1. The number of aryl methyl sites for hydroxylation is 1. The minimum absolute atomic E-state index is 0.0418. The summed E-state index contributed by atoms with van der Waals surface area (Å²) in [5.74, 6) is 0.318. The second-order valence-corrected chi connectivity index (χ2v) is 11.8. The van der Waals surface area contributed by atoms with Crippen molar-refractivity contribution in [2.75, 3.05) is 11.6 Å². The van der Waals surface area contributed by atoms with Gasteiger partial charge in [-0.15, -0.1) is 11.3 Å².